The van der Waals surface area contributed by atoms with Crippen molar-refractivity contribution >= 4 is 11.6 Å². The summed E-state index contributed by atoms with van der Waals surface area (Å²) >= 11 is 0. The van der Waals surface area contributed by atoms with Crippen LogP contribution in [-0.2, 0) is 0 Å². The Hall–Kier alpha value is -2.17. The maximum Gasteiger partial charge on any atom is 0.460 e. The van der Waals surface area contributed by atoms with Crippen LogP contribution in [0.25, 0.3) is 0 Å². The van der Waals surface area contributed by atoms with E-state index in [0.29, 0.717) is 0 Å². The van der Waals surface area contributed by atoms with Gasteiger partial charge in [-0.2, -0.15) is 40.8 Å². The fourth-order valence-electron chi connectivity index (χ4n) is 2.58. The van der Waals surface area contributed by atoms with Crippen molar-refractivity contribution in [3.8, 4) is 0 Å². The molecule has 1 aromatic carbocycles. The van der Waals surface area contributed by atoms with E-state index in [1.807, 2.05) is 0 Å². The molecule has 0 saturated heterocycles. The first kappa shape index (κ1) is 22.1. The summed E-state index contributed by atoms with van der Waals surface area (Å²) in [5, 5.41) is 14.1. The van der Waals surface area contributed by atoms with Gasteiger partial charge < -0.3 is 5.11 Å². The molecule has 1 aliphatic rings. The number of carbonyl (C=O) groups is 1. The summed E-state index contributed by atoms with van der Waals surface area (Å²) in [5.41, 5.74) is -6.02. The number of hydrogen-bond donors (Lipinski definition) is 1. The monoisotopic (exact) mass is 414 g/mol. The van der Waals surface area contributed by atoms with E-state index in [1.54, 1.807) is 0 Å². The summed E-state index contributed by atoms with van der Waals surface area (Å²) in [7, 11) is 0. The zero-order valence-corrected chi connectivity index (χ0v) is 15.0. The van der Waals surface area contributed by atoms with Crippen molar-refractivity contribution in [2.45, 2.75) is 50.9 Å². The minimum Gasteiger partial charge on any atom is -0.368 e. The molecule has 156 valence electrons. The molecule has 0 radical (unpaired) electrons. The predicted octanol–water partition coefficient (Wildman–Crippen LogP) is 4.46. The van der Waals surface area contributed by atoms with Gasteiger partial charge in [0, 0.05) is 17.4 Å². The van der Waals surface area contributed by atoms with Crippen molar-refractivity contribution in [2.75, 3.05) is 0 Å². The number of rotatable bonds is 3. The Bertz CT molecular complexity index is 785. The number of nitrogens with zero attached hydrogens (tertiary/aromatic N) is 2. The highest BCUT2D eigenvalue weighted by Gasteiger charge is 2.76. The Morgan fingerprint density at radius 1 is 1.04 bits per heavy atom. The van der Waals surface area contributed by atoms with Gasteiger partial charge in [0.15, 0.2) is 5.72 Å². The predicted molar refractivity (Wildman–Crippen MR) is 85.0 cm³/mol. The van der Waals surface area contributed by atoms with E-state index in [9.17, 15) is 40.6 Å². The van der Waals surface area contributed by atoms with Gasteiger partial charge in [0.05, 0.1) is 0 Å². The minimum atomic E-state index is -6.56. The molecule has 0 bridgehead atoms. The molecule has 1 amide bonds. The molecule has 1 N–H and O–H groups in total. The summed E-state index contributed by atoms with van der Waals surface area (Å²) in [5.74, 6) is -13.3. The van der Waals surface area contributed by atoms with Crippen LogP contribution in [-0.4, -0.2) is 45.5 Å². The average molecular weight is 414 g/mol. The smallest absolute Gasteiger partial charge is 0.368 e. The zero-order valence-electron chi connectivity index (χ0n) is 15.0. The normalized spacial score (nSPS) is 21.7. The number of alkyl halides is 7. The number of halogens is 7. The van der Waals surface area contributed by atoms with E-state index in [-0.39, 0.29) is 10.6 Å². The van der Waals surface area contributed by atoms with Crippen molar-refractivity contribution in [3.05, 3.63) is 35.9 Å². The lowest BCUT2D eigenvalue weighted by molar-refractivity contribution is -0.336. The first-order valence-electron chi connectivity index (χ1n) is 7.99. The maximum absolute atomic E-state index is 14.1. The second-order valence-electron chi connectivity index (χ2n) is 7.42. The number of hydrogen-bond acceptors (Lipinski definition) is 3. The van der Waals surface area contributed by atoms with Crippen molar-refractivity contribution in [1.82, 2.24) is 5.01 Å². The molecule has 1 aromatic rings. The second kappa shape index (κ2) is 6.43. The third-order valence-electron chi connectivity index (χ3n) is 4.51. The van der Waals surface area contributed by atoms with Crippen LogP contribution in [0.15, 0.2) is 35.4 Å². The first-order valence-corrected chi connectivity index (χ1v) is 7.99. The van der Waals surface area contributed by atoms with Crippen LogP contribution in [0.4, 0.5) is 30.7 Å². The van der Waals surface area contributed by atoms with E-state index in [0.717, 1.165) is 0 Å². The Labute approximate surface area is 155 Å². The van der Waals surface area contributed by atoms with Crippen molar-refractivity contribution in [3.63, 3.8) is 0 Å². The Balaban J connectivity index is 2.58. The number of carbonyl (C=O) groups excluding carboxylic acids is 1. The second-order valence-corrected chi connectivity index (χ2v) is 7.42. The lowest BCUT2D eigenvalue weighted by Gasteiger charge is -2.41. The van der Waals surface area contributed by atoms with Gasteiger partial charge in [-0.3, -0.25) is 4.79 Å². The summed E-state index contributed by atoms with van der Waals surface area (Å²) in [6.45, 7) is 3.91. The number of aliphatic hydroxyl groups is 1. The van der Waals surface area contributed by atoms with Gasteiger partial charge in [0.2, 0.25) is 0 Å². The van der Waals surface area contributed by atoms with Gasteiger partial charge in [-0.05, 0) is 12.1 Å². The molecule has 1 atom stereocenters. The third kappa shape index (κ3) is 3.25. The van der Waals surface area contributed by atoms with Crippen molar-refractivity contribution in [2.24, 2.45) is 10.5 Å². The van der Waals surface area contributed by atoms with Crippen LogP contribution in [0.2, 0.25) is 0 Å². The van der Waals surface area contributed by atoms with E-state index < -0.39 is 47.2 Å². The van der Waals surface area contributed by atoms with E-state index in [2.05, 4.69) is 5.10 Å². The van der Waals surface area contributed by atoms with Crippen LogP contribution in [0, 0.1) is 5.41 Å². The molecular formula is C17H17F7N2O2. The number of amides is 1. The van der Waals surface area contributed by atoms with Gasteiger partial charge in [-0.15, -0.1) is 0 Å². The molecule has 0 unspecified atom stereocenters. The minimum absolute atomic E-state index is 0.124. The highest BCUT2D eigenvalue weighted by Crippen LogP contribution is 2.51. The van der Waals surface area contributed by atoms with Gasteiger partial charge in [0.1, 0.15) is 5.71 Å². The molecule has 0 saturated carbocycles. The van der Waals surface area contributed by atoms with Gasteiger partial charge in [-0.1, -0.05) is 39.0 Å². The molecule has 1 aliphatic heterocycles. The Kier molecular flexibility index (Phi) is 5.08. The fraction of sp³-hybridized carbons (Fsp3) is 0.529. The summed E-state index contributed by atoms with van der Waals surface area (Å²) in [6, 6.07) is 6.86. The average Bonchev–Trinajstić information content (AvgIpc) is 2.93. The van der Waals surface area contributed by atoms with Crippen LogP contribution in [0.3, 0.4) is 0 Å². The zero-order chi connectivity index (χ0) is 21.8. The fourth-order valence-corrected chi connectivity index (χ4v) is 2.58. The van der Waals surface area contributed by atoms with Crippen LogP contribution >= 0.6 is 0 Å². The molecule has 4 nitrogen and oxygen atoms in total. The van der Waals surface area contributed by atoms with E-state index >= 15 is 0 Å². The lowest BCUT2D eigenvalue weighted by atomic mass is 9.79. The molecule has 11 heteroatoms. The van der Waals surface area contributed by atoms with E-state index in [1.165, 1.54) is 51.1 Å². The number of hydrazone groups is 1. The highest BCUT2D eigenvalue weighted by molar-refractivity contribution is 6.00. The van der Waals surface area contributed by atoms with Crippen molar-refractivity contribution in [1.29, 1.82) is 0 Å². The van der Waals surface area contributed by atoms with Crippen LogP contribution < -0.4 is 0 Å². The quantitative estimate of drug-likeness (QED) is 0.743. The first-order chi connectivity index (χ1) is 12.5. The SMILES string of the molecule is CC(C)(C)[C@@]1(O)CC(C(F)(F)C(F)(F)C(F)(F)F)=NN1C(=O)c1ccccc1. The standard InChI is InChI=1S/C17H17F7N2O2/c1-13(2,3)14(28)9-11(15(18,19)16(20,21)17(22,23)24)25-26(14)12(27)10-7-5-4-6-8-10/h4-8,28H,9H2,1-3H3/t14-/m0/s1. The largest absolute Gasteiger partial charge is 0.460 e. The van der Waals surface area contributed by atoms with Crippen molar-refractivity contribution < 1.29 is 40.6 Å². The van der Waals surface area contributed by atoms with E-state index in [4.69, 9.17) is 0 Å². The molecule has 0 spiro atoms. The van der Waals surface area contributed by atoms with Gasteiger partial charge in [-0.25, -0.2) is 0 Å². The third-order valence-corrected chi connectivity index (χ3v) is 4.51. The number of benzene rings is 1. The molecule has 0 aliphatic carbocycles. The molecular weight excluding hydrogens is 397 g/mol. The van der Waals surface area contributed by atoms with Gasteiger partial charge in [0.25, 0.3) is 5.91 Å². The maximum atomic E-state index is 14.1. The highest BCUT2D eigenvalue weighted by atomic mass is 19.4. The topological polar surface area (TPSA) is 52.9 Å². The summed E-state index contributed by atoms with van der Waals surface area (Å²) in [6.07, 6.45) is -7.94. The molecule has 2 rings (SSSR count). The summed E-state index contributed by atoms with van der Waals surface area (Å²) < 4.78 is 92.6. The Morgan fingerprint density at radius 2 is 1.54 bits per heavy atom. The lowest BCUT2D eigenvalue weighted by Crippen LogP contribution is -2.58. The summed E-state index contributed by atoms with van der Waals surface area (Å²) in [4.78, 5) is 12.6. The molecule has 28 heavy (non-hydrogen) atoms. The van der Waals surface area contributed by atoms with Crippen LogP contribution in [0.5, 0.6) is 0 Å². The molecule has 1 heterocycles. The Morgan fingerprint density at radius 3 is 1.96 bits per heavy atom. The van der Waals surface area contributed by atoms with Crippen LogP contribution in [0.1, 0.15) is 37.6 Å². The van der Waals surface area contributed by atoms with Gasteiger partial charge >= 0.3 is 18.0 Å². The molecule has 0 aromatic heterocycles. The molecule has 0 fully saturated rings.